The molecule has 2 N–H and O–H groups in total. The van der Waals surface area contributed by atoms with Crippen LogP contribution < -0.4 is 5.73 Å². The number of fused-ring (bicyclic) bond motifs is 1. The Hall–Kier alpha value is -0.940. The lowest BCUT2D eigenvalue weighted by molar-refractivity contribution is 0.145. The van der Waals surface area contributed by atoms with Crippen LogP contribution in [0.5, 0.6) is 0 Å². The van der Waals surface area contributed by atoms with E-state index in [1.807, 2.05) is 0 Å². The van der Waals surface area contributed by atoms with E-state index in [1.165, 1.54) is 25.8 Å². The van der Waals surface area contributed by atoms with Crippen molar-refractivity contribution < 1.29 is 0 Å². The van der Waals surface area contributed by atoms with Gasteiger partial charge in [-0.3, -0.25) is 4.90 Å². The summed E-state index contributed by atoms with van der Waals surface area (Å²) in [6.07, 6.45) is 6.01. The summed E-state index contributed by atoms with van der Waals surface area (Å²) in [6.45, 7) is 5.56. The van der Waals surface area contributed by atoms with E-state index in [1.54, 1.807) is 0 Å². The third-order valence-corrected chi connectivity index (χ3v) is 4.35. The fraction of sp³-hybridized carbons (Fsp3) is 0.846. The zero-order chi connectivity index (χ0) is 12.5. The monoisotopic (exact) mass is 249 g/mol. The van der Waals surface area contributed by atoms with Crippen molar-refractivity contribution >= 4 is 0 Å². The van der Waals surface area contributed by atoms with Gasteiger partial charge in [-0.15, -0.1) is 10.2 Å². The molecule has 5 heteroatoms. The summed E-state index contributed by atoms with van der Waals surface area (Å²) in [5.74, 6) is 2.15. The topological polar surface area (TPSA) is 60.0 Å². The van der Waals surface area contributed by atoms with Crippen LogP contribution in [0.1, 0.15) is 62.8 Å². The summed E-state index contributed by atoms with van der Waals surface area (Å²) in [5, 5.41) is 8.80. The molecule has 1 aromatic heterocycles. The van der Waals surface area contributed by atoms with Gasteiger partial charge in [0, 0.05) is 6.54 Å². The lowest BCUT2D eigenvalue weighted by Crippen LogP contribution is -2.35. The molecule has 1 fully saturated rings. The summed E-state index contributed by atoms with van der Waals surface area (Å²) in [5.41, 5.74) is 6.12. The Morgan fingerprint density at radius 2 is 1.94 bits per heavy atom. The van der Waals surface area contributed by atoms with E-state index >= 15 is 0 Å². The number of rotatable bonds is 2. The van der Waals surface area contributed by atoms with E-state index in [-0.39, 0.29) is 6.04 Å². The maximum absolute atomic E-state index is 6.12. The molecule has 2 aliphatic heterocycles. The van der Waals surface area contributed by atoms with E-state index in [9.17, 15) is 0 Å². The van der Waals surface area contributed by atoms with Gasteiger partial charge in [0.15, 0.2) is 0 Å². The van der Waals surface area contributed by atoms with Gasteiger partial charge in [0.25, 0.3) is 0 Å². The SMILES string of the molecule is CCN1CCCCC1c1nnc2n1CCCC2N. The van der Waals surface area contributed by atoms with Gasteiger partial charge in [-0.1, -0.05) is 13.3 Å². The fourth-order valence-corrected chi connectivity index (χ4v) is 3.34. The number of piperidine rings is 1. The average Bonchev–Trinajstić information content (AvgIpc) is 2.84. The molecule has 2 atom stereocenters. The molecule has 3 heterocycles. The molecule has 0 saturated carbocycles. The highest BCUT2D eigenvalue weighted by Crippen LogP contribution is 2.32. The Bertz CT molecular complexity index is 414. The number of nitrogens with zero attached hydrogens (tertiary/aromatic N) is 4. The largest absolute Gasteiger partial charge is 0.321 e. The first-order chi connectivity index (χ1) is 8.81. The van der Waals surface area contributed by atoms with Crippen LogP contribution in [0.3, 0.4) is 0 Å². The second kappa shape index (κ2) is 4.97. The summed E-state index contributed by atoms with van der Waals surface area (Å²) < 4.78 is 2.28. The van der Waals surface area contributed by atoms with Crippen molar-refractivity contribution in [3.8, 4) is 0 Å². The van der Waals surface area contributed by atoms with Crippen LogP contribution in [0.4, 0.5) is 0 Å². The molecule has 2 unspecified atom stereocenters. The second-order valence-electron chi connectivity index (χ2n) is 5.46. The maximum atomic E-state index is 6.12. The smallest absolute Gasteiger partial charge is 0.150 e. The van der Waals surface area contributed by atoms with Crippen molar-refractivity contribution in [3.63, 3.8) is 0 Å². The Morgan fingerprint density at radius 1 is 1.11 bits per heavy atom. The molecule has 0 spiro atoms. The van der Waals surface area contributed by atoms with Gasteiger partial charge in [-0.2, -0.15) is 0 Å². The first kappa shape index (κ1) is 12.1. The third kappa shape index (κ3) is 1.95. The van der Waals surface area contributed by atoms with E-state index in [2.05, 4.69) is 26.6 Å². The van der Waals surface area contributed by atoms with Crippen LogP contribution in [-0.2, 0) is 6.54 Å². The molecular weight excluding hydrogens is 226 g/mol. The standard InChI is InChI=1S/C13H23N5/c1-2-17-8-4-3-7-11(17)13-16-15-12-10(14)6-5-9-18(12)13/h10-11H,2-9,14H2,1H3. The Labute approximate surface area is 108 Å². The first-order valence-corrected chi connectivity index (χ1v) is 7.24. The van der Waals surface area contributed by atoms with Crippen LogP contribution in [0.25, 0.3) is 0 Å². The lowest BCUT2D eigenvalue weighted by atomic mass is 10.0. The predicted octanol–water partition coefficient (Wildman–Crippen LogP) is 1.62. The summed E-state index contributed by atoms with van der Waals surface area (Å²) in [4.78, 5) is 2.53. The molecule has 5 nitrogen and oxygen atoms in total. The van der Waals surface area contributed by atoms with Crippen LogP contribution in [0.2, 0.25) is 0 Å². The Kier molecular flexibility index (Phi) is 3.35. The lowest BCUT2D eigenvalue weighted by Gasteiger charge is -2.34. The molecule has 100 valence electrons. The number of hydrogen-bond acceptors (Lipinski definition) is 4. The van der Waals surface area contributed by atoms with Crippen LogP contribution in [0, 0.1) is 0 Å². The first-order valence-electron chi connectivity index (χ1n) is 7.24. The molecule has 18 heavy (non-hydrogen) atoms. The minimum atomic E-state index is 0.0821. The second-order valence-corrected chi connectivity index (χ2v) is 5.46. The molecule has 3 rings (SSSR count). The van der Waals surface area contributed by atoms with Gasteiger partial charge in [-0.25, -0.2) is 0 Å². The molecular formula is C13H23N5. The quantitative estimate of drug-likeness (QED) is 0.865. The van der Waals surface area contributed by atoms with Gasteiger partial charge >= 0.3 is 0 Å². The van der Waals surface area contributed by atoms with E-state index in [4.69, 9.17) is 5.73 Å². The fourth-order valence-electron chi connectivity index (χ4n) is 3.34. The molecule has 0 aromatic carbocycles. The maximum Gasteiger partial charge on any atom is 0.150 e. The van der Waals surface area contributed by atoms with Crippen molar-refractivity contribution in [2.75, 3.05) is 13.1 Å². The number of aromatic nitrogens is 3. The minimum absolute atomic E-state index is 0.0821. The highest BCUT2D eigenvalue weighted by molar-refractivity contribution is 5.08. The van der Waals surface area contributed by atoms with Gasteiger partial charge in [0.2, 0.25) is 0 Å². The normalized spacial score (nSPS) is 29.2. The average molecular weight is 249 g/mol. The molecule has 0 radical (unpaired) electrons. The van der Waals surface area contributed by atoms with Crippen molar-refractivity contribution in [3.05, 3.63) is 11.6 Å². The van der Waals surface area contributed by atoms with Gasteiger partial charge < -0.3 is 10.3 Å². The number of hydrogen-bond donors (Lipinski definition) is 1. The van der Waals surface area contributed by atoms with Gasteiger partial charge in [0.05, 0.1) is 12.1 Å². The highest BCUT2D eigenvalue weighted by atomic mass is 15.3. The van der Waals surface area contributed by atoms with Crippen LogP contribution >= 0.6 is 0 Å². The van der Waals surface area contributed by atoms with E-state index in [0.29, 0.717) is 6.04 Å². The number of likely N-dealkylation sites (tertiary alicyclic amines) is 1. The molecule has 0 amide bonds. The van der Waals surface area contributed by atoms with Crippen LogP contribution in [-0.4, -0.2) is 32.8 Å². The Morgan fingerprint density at radius 3 is 2.78 bits per heavy atom. The van der Waals surface area contributed by atoms with Crippen molar-refractivity contribution in [2.45, 2.75) is 57.7 Å². The van der Waals surface area contributed by atoms with E-state index < -0.39 is 0 Å². The molecule has 0 aliphatic carbocycles. The Balaban J connectivity index is 1.91. The molecule has 1 saturated heterocycles. The highest BCUT2D eigenvalue weighted by Gasteiger charge is 2.30. The van der Waals surface area contributed by atoms with Crippen LogP contribution in [0.15, 0.2) is 0 Å². The zero-order valence-electron chi connectivity index (χ0n) is 11.2. The third-order valence-electron chi connectivity index (χ3n) is 4.35. The van der Waals surface area contributed by atoms with Crippen molar-refractivity contribution in [1.82, 2.24) is 19.7 Å². The zero-order valence-corrected chi connectivity index (χ0v) is 11.2. The molecule has 1 aromatic rings. The van der Waals surface area contributed by atoms with E-state index in [0.717, 1.165) is 37.6 Å². The molecule has 0 bridgehead atoms. The summed E-state index contributed by atoms with van der Waals surface area (Å²) in [6, 6.07) is 0.536. The van der Waals surface area contributed by atoms with Gasteiger partial charge in [0.1, 0.15) is 11.6 Å². The van der Waals surface area contributed by atoms with Gasteiger partial charge in [-0.05, 0) is 38.8 Å². The molecule has 2 aliphatic rings. The summed E-state index contributed by atoms with van der Waals surface area (Å²) >= 11 is 0. The van der Waals surface area contributed by atoms with Crippen molar-refractivity contribution in [1.29, 1.82) is 0 Å². The predicted molar refractivity (Wildman–Crippen MR) is 70.0 cm³/mol. The van der Waals surface area contributed by atoms with Crippen molar-refractivity contribution in [2.24, 2.45) is 5.73 Å². The minimum Gasteiger partial charge on any atom is -0.321 e. The summed E-state index contributed by atoms with van der Waals surface area (Å²) in [7, 11) is 0. The number of nitrogens with two attached hydrogens (primary N) is 1.